The highest BCUT2D eigenvalue weighted by molar-refractivity contribution is 7.98. The minimum Gasteiger partial charge on any atom is -0.289 e. The Kier molecular flexibility index (Phi) is 3.84. The predicted molar refractivity (Wildman–Crippen MR) is 69.4 cm³/mol. The number of nitrogens with two attached hydrogens (primary N) is 1. The Morgan fingerprint density at radius 3 is 3.06 bits per heavy atom. The van der Waals surface area contributed by atoms with Gasteiger partial charge < -0.3 is 0 Å². The highest BCUT2D eigenvalue weighted by atomic mass is 32.2. The molecule has 9 heteroatoms. The average Bonchev–Trinajstić information content (AvgIpc) is 2.96. The Balaban J connectivity index is 2.02. The summed E-state index contributed by atoms with van der Waals surface area (Å²) >= 11 is 2.78. The lowest BCUT2D eigenvalue weighted by atomic mass is 10.4. The summed E-state index contributed by atoms with van der Waals surface area (Å²) in [5, 5.41) is 6.86. The molecule has 0 saturated heterocycles. The summed E-state index contributed by atoms with van der Waals surface area (Å²) in [6.45, 7) is 0. The molecule has 18 heavy (non-hydrogen) atoms. The second kappa shape index (κ2) is 5.38. The highest BCUT2D eigenvalue weighted by Gasteiger charge is 2.09. The van der Waals surface area contributed by atoms with Crippen molar-refractivity contribution in [2.24, 2.45) is 12.9 Å². The number of thiophene rings is 1. The van der Waals surface area contributed by atoms with Crippen molar-refractivity contribution in [3.63, 3.8) is 0 Å². The Labute approximate surface area is 110 Å². The van der Waals surface area contributed by atoms with Gasteiger partial charge in [-0.15, -0.1) is 16.4 Å². The fourth-order valence-electron chi connectivity index (χ4n) is 1.25. The van der Waals surface area contributed by atoms with E-state index in [1.807, 2.05) is 6.07 Å². The summed E-state index contributed by atoms with van der Waals surface area (Å²) in [5.41, 5.74) is 1.84. The number of nitrogen functional groups attached to an aromatic ring is 1. The highest BCUT2D eigenvalue weighted by Crippen LogP contribution is 2.24. The topological polar surface area (TPSA) is 106 Å². The van der Waals surface area contributed by atoms with Gasteiger partial charge in [-0.2, -0.15) is 0 Å². The summed E-state index contributed by atoms with van der Waals surface area (Å²) in [6, 6.07) is 3.57. The lowest BCUT2D eigenvalue weighted by molar-refractivity contribution is 0.0957. The summed E-state index contributed by atoms with van der Waals surface area (Å²) < 4.78 is 1.44. The molecule has 2 heterocycles. The third-order valence-electron chi connectivity index (χ3n) is 2.20. The molecule has 0 saturated carbocycles. The Morgan fingerprint density at radius 2 is 2.44 bits per heavy atom. The van der Waals surface area contributed by atoms with Crippen LogP contribution in [0.3, 0.4) is 0 Å². The standard InChI is InChI=1S/C9H11N5O2S2/c1-14-8(16)12-13-9(14)17-4-5-2-3-6(18-5)7(15)11-10/h2-3H,4,10H2,1H3,(H,11,15)(H,12,16). The molecule has 0 spiro atoms. The van der Waals surface area contributed by atoms with Crippen LogP contribution in [-0.2, 0) is 12.8 Å². The van der Waals surface area contributed by atoms with Crippen molar-refractivity contribution in [1.82, 2.24) is 20.2 Å². The van der Waals surface area contributed by atoms with E-state index in [-0.39, 0.29) is 11.6 Å². The Hall–Kier alpha value is -1.58. The van der Waals surface area contributed by atoms with E-state index >= 15 is 0 Å². The maximum absolute atomic E-state index is 11.3. The van der Waals surface area contributed by atoms with Crippen molar-refractivity contribution in [3.8, 4) is 0 Å². The van der Waals surface area contributed by atoms with Crippen LogP contribution < -0.4 is 17.0 Å². The number of H-pyrrole nitrogens is 1. The van der Waals surface area contributed by atoms with E-state index in [1.165, 1.54) is 27.7 Å². The minimum atomic E-state index is -0.302. The normalized spacial score (nSPS) is 10.6. The number of hydrogen-bond donors (Lipinski definition) is 3. The van der Waals surface area contributed by atoms with Gasteiger partial charge in [0.05, 0.1) is 4.88 Å². The number of hydrazine groups is 1. The number of hydrogen-bond acceptors (Lipinski definition) is 6. The molecule has 0 radical (unpaired) electrons. The number of nitrogens with zero attached hydrogens (tertiary/aromatic N) is 2. The van der Waals surface area contributed by atoms with Crippen LogP contribution in [0.25, 0.3) is 0 Å². The molecular weight excluding hydrogens is 274 g/mol. The predicted octanol–water partition coefficient (Wildman–Crippen LogP) is 0.0657. The van der Waals surface area contributed by atoms with E-state index in [1.54, 1.807) is 13.1 Å². The zero-order chi connectivity index (χ0) is 13.1. The first-order valence-corrected chi connectivity index (χ1v) is 6.76. The lowest BCUT2D eigenvalue weighted by Gasteiger charge is -1.97. The molecule has 0 aliphatic heterocycles. The van der Waals surface area contributed by atoms with Gasteiger partial charge in [0.25, 0.3) is 5.91 Å². The molecule has 0 aromatic carbocycles. The van der Waals surface area contributed by atoms with Crippen LogP contribution in [0.2, 0.25) is 0 Å². The molecule has 96 valence electrons. The van der Waals surface area contributed by atoms with Crippen molar-refractivity contribution >= 4 is 29.0 Å². The van der Waals surface area contributed by atoms with Gasteiger partial charge in [0.2, 0.25) is 0 Å². The Morgan fingerprint density at radius 1 is 1.67 bits per heavy atom. The van der Waals surface area contributed by atoms with Crippen LogP contribution >= 0.6 is 23.1 Å². The van der Waals surface area contributed by atoms with Crippen molar-refractivity contribution in [2.75, 3.05) is 0 Å². The van der Waals surface area contributed by atoms with Crippen LogP contribution in [0.5, 0.6) is 0 Å². The second-order valence-electron chi connectivity index (χ2n) is 3.40. The summed E-state index contributed by atoms with van der Waals surface area (Å²) in [6.07, 6.45) is 0. The third kappa shape index (κ3) is 2.63. The van der Waals surface area contributed by atoms with Gasteiger partial charge >= 0.3 is 5.69 Å². The maximum atomic E-state index is 11.3. The average molecular weight is 285 g/mol. The van der Waals surface area contributed by atoms with Crippen molar-refractivity contribution in [3.05, 3.63) is 32.4 Å². The summed E-state index contributed by atoms with van der Waals surface area (Å²) in [7, 11) is 1.65. The quantitative estimate of drug-likeness (QED) is 0.319. The first kappa shape index (κ1) is 12.9. The maximum Gasteiger partial charge on any atom is 0.343 e. The van der Waals surface area contributed by atoms with E-state index in [2.05, 4.69) is 15.6 Å². The van der Waals surface area contributed by atoms with E-state index in [0.29, 0.717) is 15.8 Å². The third-order valence-corrected chi connectivity index (χ3v) is 4.54. The zero-order valence-electron chi connectivity index (χ0n) is 9.47. The number of amides is 1. The number of aromatic nitrogens is 3. The number of carbonyl (C=O) groups is 1. The molecule has 0 aliphatic carbocycles. The van der Waals surface area contributed by atoms with Crippen LogP contribution in [0.4, 0.5) is 0 Å². The number of rotatable bonds is 4. The van der Waals surface area contributed by atoms with E-state index < -0.39 is 0 Å². The molecular formula is C9H11N5O2S2. The first-order valence-electron chi connectivity index (χ1n) is 4.95. The van der Waals surface area contributed by atoms with Crippen LogP contribution in [-0.4, -0.2) is 20.7 Å². The lowest BCUT2D eigenvalue weighted by Crippen LogP contribution is -2.29. The number of thioether (sulfide) groups is 1. The molecule has 0 atom stereocenters. The van der Waals surface area contributed by atoms with Gasteiger partial charge in [0, 0.05) is 17.7 Å². The molecule has 0 fully saturated rings. The molecule has 1 amide bonds. The van der Waals surface area contributed by atoms with Crippen molar-refractivity contribution in [1.29, 1.82) is 0 Å². The van der Waals surface area contributed by atoms with Gasteiger partial charge in [-0.05, 0) is 12.1 Å². The minimum absolute atomic E-state index is 0.244. The van der Waals surface area contributed by atoms with Crippen LogP contribution in [0, 0.1) is 0 Å². The van der Waals surface area contributed by atoms with Gasteiger partial charge in [0.15, 0.2) is 5.16 Å². The molecule has 7 nitrogen and oxygen atoms in total. The molecule has 4 N–H and O–H groups in total. The number of nitrogens with one attached hydrogen (secondary N) is 2. The fourth-order valence-corrected chi connectivity index (χ4v) is 3.12. The van der Waals surface area contributed by atoms with E-state index in [9.17, 15) is 9.59 Å². The summed E-state index contributed by atoms with van der Waals surface area (Å²) in [4.78, 5) is 24.0. The zero-order valence-corrected chi connectivity index (χ0v) is 11.1. The van der Waals surface area contributed by atoms with Gasteiger partial charge in [0.1, 0.15) is 0 Å². The van der Waals surface area contributed by atoms with E-state index in [4.69, 9.17) is 5.84 Å². The number of aromatic amines is 1. The second-order valence-corrected chi connectivity index (χ2v) is 5.51. The van der Waals surface area contributed by atoms with E-state index in [0.717, 1.165) is 4.88 Å². The fraction of sp³-hybridized carbons (Fsp3) is 0.222. The largest absolute Gasteiger partial charge is 0.343 e. The Bertz CT molecular complexity index is 615. The number of carbonyl (C=O) groups excluding carboxylic acids is 1. The van der Waals surface area contributed by atoms with Crippen LogP contribution in [0.15, 0.2) is 22.1 Å². The molecule has 2 aromatic heterocycles. The first-order chi connectivity index (χ1) is 8.61. The van der Waals surface area contributed by atoms with Crippen molar-refractivity contribution < 1.29 is 4.79 Å². The molecule has 0 unspecified atom stereocenters. The monoisotopic (exact) mass is 285 g/mol. The molecule has 2 aromatic rings. The van der Waals surface area contributed by atoms with Gasteiger partial charge in [-0.25, -0.2) is 15.7 Å². The van der Waals surface area contributed by atoms with Crippen LogP contribution in [0.1, 0.15) is 14.5 Å². The molecule has 0 bridgehead atoms. The molecule has 0 aliphatic rings. The smallest absolute Gasteiger partial charge is 0.289 e. The van der Waals surface area contributed by atoms with Gasteiger partial charge in [-0.3, -0.25) is 14.8 Å². The SMILES string of the molecule is Cn1c(SCc2ccc(C(=O)NN)s2)n[nH]c1=O. The summed E-state index contributed by atoms with van der Waals surface area (Å²) in [5.74, 6) is 5.39. The molecule has 2 rings (SSSR count). The van der Waals surface area contributed by atoms with Gasteiger partial charge in [-0.1, -0.05) is 11.8 Å². The van der Waals surface area contributed by atoms with Crippen molar-refractivity contribution in [2.45, 2.75) is 10.9 Å².